The number of hydrogen-bond donors (Lipinski definition) is 1. The lowest BCUT2D eigenvalue weighted by molar-refractivity contribution is -0.140. The van der Waals surface area contributed by atoms with Gasteiger partial charge in [-0.15, -0.1) is 5.10 Å². The van der Waals surface area contributed by atoms with Crippen LogP contribution >= 0.6 is 0 Å². The number of aromatic nitrogens is 6. The van der Waals surface area contributed by atoms with Gasteiger partial charge in [0.25, 0.3) is 17.4 Å². The van der Waals surface area contributed by atoms with Crippen LogP contribution in [0.2, 0.25) is 0 Å². The first-order valence-electron chi connectivity index (χ1n) is 11.4. The molecule has 0 unspecified atom stereocenters. The Bertz CT molecular complexity index is 1630. The van der Waals surface area contributed by atoms with Crippen molar-refractivity contribution in [2.45, 2.75) is 37.5 Å². The lowest BCUT2D eigenvalue weighted by Gasteiger charge is -2.17. The highest BCUT2D eigenvalue weighted by molar-refractivity contribution is 5.92. The molecule has 39 heavy (non-hydrogen) atoms. The Hall–Kier alpha value is -4.56. The first-order valence-corrected chi connectivity index (χ1v) is 11.4. The van der Waals surface area contributed by atoms with E-state index >= 15 is 0 Å². The molecule has 3 heterocycles. The molecule has 0 radical (unpaired) electrons. The highest BCUT2D eigenvalue weighted by Gasteiger charge is 2.59. The Labute approximate surface area is 215 Å². The number of nitrogens with one attached hydrogen (secondary N) is 1. The maximum Gasteiger partial charge on any atom is 0.419 e. The minimum atomic E-state index is -4.92. The van der Waals surface area contributed by atoms with Crippen molar-refractivity contribution in [2.75, 3.05) is 0 Å². The minimum Gasteiger partial charge on any atom is -0.344 e. The van der Waals surface area contributed by atoms with E-state index in [0.29, 0.717) is 11.6 Å². The highest BCUT2D eigenvalue weighted by Crippen LogP contribution is 2.53. The van der Waals surface area contributed by atoms with Crippen molar-refractivity contribution < 1.29 is 31.1 Å². The number of pyridine rings is 1. The SMILES string of the molecule is C[C@@H](NC(=O)c1ccc(=O)n(-c2cncc(-c3cnnn3[C@H]3CC3(F)F)c2)n1)c1cccc(C(F)(F)F)c1F. The summed E-state index contributed by atoms with van der Waals surface area (Å²) in [5, 5.41) is 13.8. The second-order valence-electron chi connectivity index (χ2n) is 8.85. The minimum absolute atomic E-state index is 0.0828. The molecule has 1 fully saturated rings. The van der Waals surface area contributed by atoms with Crippen LogP contribution in [-0.4, -0.2) is 41.6 Å². The van der Waals surface area contributed by atoms with E-state index in [0.717, 1.165) is 33.6 Å². The van der Waals surface area contributed by atoms with Gasteiger partial charge in [-0.2, -0.15) is 23.0 Å². The molecule has 1 N–H and O–H groups in total. The summed E-state index contributed by atoms with van der Waals surface area (Å²) in [5.41, 5.74) is -2.22. The van der Waals surface area contributed by atoms with Crippen LogP contribution < -0.4 is 10.9 Å². The summed E-state index contributed by atoms with van der Waals surface area (Å²) in [6, 6.07) is 3.92. The fourth-order valence-corrected chi connectivity index (χ4v) is 4.00. The molecule has 1 aromatic carbocycles. The van der Waals surface area contributed by atoms with Crippen LogP contribution in [0.25, 0.3) is 16.9 Å². The molecular weight excluding hydrogens is 532 g/mol. The summed E-state index contributed by atoms with van der Waals surface area (Å²) in [7, 11) is 0. The van der Waals surface area contributed by atoms with Crippen LogP contribution in [0.1, 0.15) is 47.0 Å². The highest BCUT2D eigenvalue weighted by atomic mass is 19.4. The first kappa shape index (κ1) is 26.1. The Morgan fingerprint density at radius 1 is 1.15 bits per heavy atom. The average Bonchev–Trinajstić information content (AvgIpc) is 3.27. The third-order valence-electron chi connectivity index (χ3n) is 6.11. The maximum absolute atomic E-state index is 14.5. The number of hydrogen-bond acceptors (Lipinski definition) is 6. The summed E-state index contributed by atoms with van der Waals surface area (Å²) in [4.78, 5) is 29.4. The average molecular weight is 549 g/mol. The van der Waals surface area contributed by atoms with Crippen molar-refractivity contribution in [3.63, 3.8) is 0 Å². The summed E-state index contributed by atoms with van der Waals surface area (Å²) < 4.78 is 82.8. The molecule has 0 spiro atoms. The van der Waals surface area contributed by atoms with Crippen molar-refractivity contribution in [3.05, 3.63) is 88.0 Å². The summed E-state index contributed by atoms with van der Waals surface area (Å²) in [6.07, 6.45) is -1.44. The quantitative estimate of drug-likeness (QED) is 0.363. The Kier molecular flexibility index (Phi) is 6.23. The summed E-state index contributed by atoms with van der Waals surface area (Å²) >= 11 is 0. The molecule has 0 bridgehead atoms. The molecule has 3 aromatic heterocycles. The first-order chi connectivity index (χ1) is 18.4. The second-order valence-corrected chi connectivity index (χ2v) is 8.85. The number of nitrogens with zero attached hydrogens (tertiary/aromatic N) is 6. The lowest BCUT2D eigenvalue weighted by Crippen LogP contribution is -2.31. The molecule has 4 aromatic rings. The third-order valence-corrected chi connectivity index (χ3v) is 6.11. The van der Waals surface area contributed by atoms with Crippen molar-refractivity contribution in [2.24, 2.45) is 0 Å². The number of alkyl halides is 5. The van der Waals surface area contributed by atoms with Gasteiger partial charge in [0.05, 0.1) is 35.4 Å². The van der Waals surface area contributed by atoms with Crippen LogP contribution in [0.3, 0.4) is 0 Å². The van der Waals surface area contributed by atoms with Crippen LogP contribution in [0.5, 0.6) is 0 Å². The monoisotopic (exact) mass is 549 g/mol. The van der Waals surface area contributed by atoms with E-state index in [1.807, 2.05) is 0 Å². The van der Waals surface area contributed by atoms with Gasteiger partial charge in [-0.05, 0) is 25.1 Å². The van der Waals surface area contributed by atoms with Gasteiger partial charge in [0, 0.05) is 29.8 Å². The molecule has 1 aliphatic carbocycles. The Morgan fingerprint density at radius 2 is 1.90 bits per heavy atom. The molecule has 2 atom stereocenters. The fourth-order valence-electron chi connectivity index (χ4n) is 4.00. The van der Waals surface area contributed by atoms with E-state index in [1.165, 1.54) is 31.6 Å². The normalized spacial score (nSPS) is 17.1. The Morgan fingerprint density at radius 3 is 2.59 bits per heavy atom. The molecule has 202 valence electrons. The van der Waals surface area contributed by atoms with Gasteiger partial charge in [-0.3, -0.25) is 14.6 Å². The van der Waals surface area contributed by atoms with Gasteiger partial charge in [-0.25, -0.2) is 17.9 Å². The van der Waals surface area contributed by atoms with Gasteiger partial charge in [-0.1, -0.05) is 17.3 Å². The molecule has 5 rings (SSSR count). The molecule has 1 aliphatic rings. The summed E-state index contributed by atoms with van der Waals surface area (Å²) in [5.74, 6) is -5.33. The summed E-state index contributed by atoms with van der Waals surface area (Å²) in [6.45, 7) is 1.29. The molecule has 9 nitrogen and oxygen atoms in total. The van der Waals surface area contributed by atoms with E-state index in [4.69, 9.17) is 0 Å². The van der Waals surface area contributed by atoms with Gasteiger partial charge in [0.15, 0.2) is 0 Å². The number of halogens is 6. The van der Waals surface area contributed by atoms with Crippen molar-refractivity contribution in [3.8, 4) is 16.9 Å². The molecule has 0 aliphatic heterocycles. The van der Waals surface area contributed by atoms with Gasteiger partial charge in [0.2, 0.25) is 0 Å². The largest absolute Gasteiger partial charge is 0.419 e. The van der Waals surface area contributed by atoms with Crippen LogP contribution in [0, 0.1) is 5.82 Å². The molecular formula is C24H17F6N7O2. The molecule has 1 amide bonds. The number of benzene rings is 1. The molecule has 0 saturated heterocycles. The van der Waals surface area contributed by atoms with E-state index in [1.54, 1.807) is 0 Å². The predicted molar refractivity (Wildman–Crippen MR) is 123 cm³/mol. The topological polar surface area (TPSA) is 108 Å². The second kappa shape index (κ2) is 9.32. The number of rotatable bonds is 6. The Balaban J connectivity index is 1.41. The van der Waals surface area contributed by atoms with Crippen LogP contribution in [0.15, 0.2) is 59.8 Å². The van der Waals surface area contributed by atoms with Crippen molar-refractivity contribution >= 4 is 5.91 Å². The third kappa shape index (κ3) is 4.98. The zero-order chi connectivity index (χ0) is 28.1. The van der Waals surface area contributed by atoms with Gasteiger partial charge < -0.3 is 5.32 Å². The number of carbonyl (C=O) groups is 1. The fraction of sp³-hybridized carbons (Fsp3) is 0.250. The van der Waals surface area contributed by atoms with Crippen LogP contribution in [0.4, 0.5) is 26.3 Å². The molecule has 1 saturated carbocycles. The van der Waals surface area contributed by atoms with Gasteiger partial charge >= 0.3 is 6.18 Å². The standard InChI is InChI=1S/C24H17F6N7O2/c1-12(15-3-2-4-16(21(15)25)24(28,29)30)33-22(39)17-5-6-20(38)36(34-17)14-7-13(9-31-10-14)18-11-32-35-37(18)19-8-23(19,26)27/h2-7,9-12,19H,8H2,1H3,(H,33,39)/t12-,19+/m1/s1. The zero-order valence-electron chi connectivity index (χ0n) is 19.8. The lowest BCUT2D eigenvalue weighted by atomic mass is 10.0. The van der Waals surface area contributed by atoms with E-state index in [2.05, 4.69) is 25.7 Å². The molecule has 15 heteroatoms. The van der Waals surface area contributed by atoms with E-state index < -0.39 is 59.0 Å². The predicted octanol–water partition coefficient (Wildman–Crippen LogP) is 4.12. The number of amides is 1. The van der Waals surface area contributed by atoms with Gasteiger partial charge in [0.1, 0.15) is 17.6 Å². The maximum atomic E-state index is 14.5. The zero-order valence-corrected chi connectivity index (χ0v) is 19.8. The van der Waals surface area contributed by atoms with Crippen molar-refractivity contribution in [1.82, 2.24) is 35.1 Å². The van der Waals surface area contributed by atoms with E-state index in [9.17, 15) is 35.9 Å². The van der Waals surface area contributed by atoms with Crippen molar-refractivity contribution in [1.29, 1.82) is 0 Å². The van der Waals surface area contributed by atoms with Crippen LogP contribution in [-0.2, 0) is 6.18 Å². The van der Waals surface area contributed by atoms with E-state index in [-0.39, 0.29) is 17.1 Å². The smallest absolute Gasteiger partial charge is 0.344 e. The number of carbonyl (C=O) groups excluding carboxylic acids is 1.